The van der Waals surface area contributed by atoms with Crippen molar-refractivity contribution in [2.24, 2.45) is 5.92 Å². The molecule has 1 atom stereocenters. The molecule has 2 saturated heterocycles. The summed E-state index contributed by atoms with van der Waals surface area (Å²) < 4.78 is 30.7. The summed E-state index contributed by atoms with van der Waals surface area (Å²) in [6.45, 7) is 5.67. The van der Waals surface area contributed by atoms with Crippen LogP contribution in [0.15, 0.2) is 0 Å². The summed E-state index contributed by atoms with van der Waals surface area (Å²) in [5.74, 6) is 0.541. The maximum Gasteiger partial charge on any atom is 0.214 e. The van der Waals surface area contributed by atoms with Gasteiger partial charge in [0.2, 0.25) is 10.0 Å². The van der Waals surface area contributed by atoms with Crippen molar-refractivity contribution in [3.05, 3.63) is 0 Å². The Morgan fingerprint density at radius 2 is 2.06 bits per heavy atom. The lowest BCUT2D eigenvalue weighted by Gasteiger charge is -2.24. The van der Waals surface area contributed by atoms with E-state index in [1.54, 1.807) is 4.31 Å². The molecule has 100 valence electrons. The Labute approximate surface area is 104 Å². The highest BCUT2D eigenvalue weighted by Gasteiger charge is 2.33. The van der Waals surface area contributed by atoms with E-state index in [1.165, 1.54) is 0 Å². The molecule has 17 heavy (non-hydrogen) atoms. The Morgan fingerprint density at radius 1 is 1.35 bits per heavy atom. The SMILES string of the molecule is CC1CN(CCOC2CCNCC2)S(=O)(=O)C1. The van der Waals surface area contributed by atoms with Crippen molar-refractivity contribution in [3.8, 4) is 0 Å². The van der Waals surface area contributed by atoms with E-state index in [9.17, 15) is 8.42 Å². The molecule has 0 amide bonds. The molecule has 0 spiro atoms. The van der Waals surface area contributed by atoms with Crippen molar-refractivity contribution >= 4 is 10.0 Å². The molecule has 0 aromatic heterocycles. The summed E-state index contributed by atoms with van der Waals surface area (Å²) in [5, 5.41) is 3.28. The van der Waals surface area contributed by atoms with E-state index in [0.29, 0.717) is 31.6 Å². The highest BCUT2D eigenvalue weighted by molar-refractivity contribution is 7.89. The van der Waals surface area contributed by atoms with Crippen molar-refractivity contribution in [2.45, 2.75) is 25.9 Å². The number of hydrogen-bond acceptors (Lipinski definition) is 4. The first-order valence-corrected chi connectivity index (χ1v) is 7.99. The molecule has 0 aromatic carbocycles. The van der Waals surface area contributed by atoms with Crippen LogP contribution in [0, 0.1) is 5.92 Å². The fourth-order valence-corrected chi connectivity index (χ4v) is 4.36. The van der Waals surface area contributed by atoms with Crippen molar-refractivity contribution < 1.29 is 13.2 Å². The smallest absolute Gasteiger partial charge is 0.214 e. The predicted molar refractivity (Wildman–Crippen MR) is 66.4 cm³/mol. The number of nitrogens with one attached hydrogen (secondary N) is 1. The Bertz CT molecular complexity index is 339. The van der Waals surface area contributed by atoms with E-state index >= 15 is 0 Å². The van der Waals surface area contributed by atoms with Gasteiger partial charge in [0.25, 0.3) is 0 Å². The lowest BCUT2D eigenvalue weighted by Crippen LogP contribution is -2.35. The van der Waals surface area contributed by atoms with Gasteiger partial charge >= 0.3 is 0 Å². The van der Waals surface area contributed by atoms with Crippen molar-refractivity contribution in [2.75, 3.05) is 38.5 Å². The van der Waals surface area contributed by atoms with Crippen molar-refractivity contribution in [1.82, 2.24) is 9.62 Å². The first kappa shape index (κ1) is 13.3. The fraction of sp³-hybridized carbons (Fsp3) is 1.00. The van der Waals surface area contributed by atoms with Crippen LogP contribution in [0.5, 0.6) is 0 Å². The van der Waals surface area contributed by atoms with Gasteiger partial charge in [0.05, 0.1) is 18.5 Å². The molecular weight excluding hydrogens is 240 g/mol. The number of sulfonamides is 1. The lowest BCUT2D eigenvalue weighted by atomic mass is 10.1. The van der Waals surface area contributed by atoms with Gasteiger partial charge in [-0.25, -0.2) is 8.42 Å². The number of rotatable bonds is 4. The van der Waals surface area contributed by atoms with E-state index in [2.05, 4.69) is 5.32 Å². The number of hydrogen-bond donors (Lipinski definition) is 1. The second-order valence-corrected chi connectivity index (χ2v) is 7.08. The molecule has 2 heterocycles. The minimum Gasteiger partial charge on any atom is -0.377 e. The number of nitrogens with zero attached hydrogens (tertiary/aromatic N) is 1. The molecule has 0 bridgehead atoms. The third-order valence-electron chi connectivity index (χ3n) is 3.38. The van der Waals surface area contributed by atoms with E-state index in [1.807, 2.05) is 6.92 Å². The van der Waals surface area contributed by atoms with Gasteiger partial charge in [0.15, 0.2) is 0 Å². The third-order valence-corrected chi connectivity index (χ3v) is 5.49. The van der Waals surface area contributed by atoms with Crippen LogP contribution in [-0.4, -0.2) is 57.4 Å². The zero-order valence-corrected chi connectivity index (χ0v) is 11.2. The molecule has 2 fully saturated rings. The summed E-state index contributed by atoms with van der Waals surface area (Å²) in [6.07, 6.45) is 2.37. The molecule has 5 nitrogen and oxygen atoms in total. The van der Waals surface area contributed by atoms with Crippen molar-refractivity contribution in [3.63, 3.8) is 0 Å². The average Bonchev–Trinajstić information content (AvgIpc) is 2.53. The first-order valence-electron chi connectivity index (χ1n) is 6.38. The minimum absolute atomic E-state index is 0.249. The topological polar surface area (TPSA) is 58.6 Å². The Hall–Kier alpha value is -0.170. The molecule has 2 aliphatic heterocycles. The van der Waals surface area contributed by atoms with Gasteiger partial charge in [-0.3, -0.25) is 0 Å². The van der Waals surface area contributed by atoms with E-state index in [4.69, 9.17) is 4.74 Å². The molecular formula is C11H22N2O3S. The maximum absolute atomic E-state index is 11.7. The summed E-state index contributed by atoms with van der Waals surface area (Å²) >= 11 is 0. The Balaban J connectivity index is 1.71. The van der Waals surface area contributed by atoms with Gasteiger partial charge in [-0.15, -0.1) is 0 Å². The number of ether oxygens (including phenoxy) is 1. The van der Waals surface area contributed by atoms with Crippen LogP contribution in [0.1, 0.15) is 19.8 Å². The van der Waals surface area contributed by atoms with Crippen LogP contribution in [0.3, 0.4) is 0 Å². The number of piperidine rings is 1. The molecule has 2 aliphatic rings. The van der Waals surface area contributed by atoms with E-state index in [0.717, 1.165) is 25.9 Å². The van der Waals surface area contributed by atoms with Crippen LogP contribution in [0.2, 0.25) is 0 Å². The van der Waals surface area contributed by atoms with Crippen LogP contribution in [0.25, 0.3) is 0 Å². The van der Waals surface area contributed by atoms with Crippen LogP contribution in [0.4, 0.5) is 0 Å². The third kappa shape index (κ3) is 3.64. The zero-order chi connectivity index (χ0) is 12.3. The monoisotopic (exact) mass is 262 g/mol. The van der Waals surface area contributed by atoms with Gasteiger partial charge in [-0.2, -0.15) is 4.31 Å². The molecule has 6 heteroatoms. The predicted octanol–water partition coefficient (Wildman–Crippen LogP) is 0.0365. The summed E-state index contributed by atoms with van der Waals surface area (Å²) in [7, 11) is -3.00. The second kappa shape index (κ2) is 5.65. The highest BCUT2D eigenvalue weighted by Crippen LogP contribution is 2.18. The first-order chi connectivity index (χ1) is 8.08. The Morgan fingerprint density at radius 3 is 2.65 bits per heavy atom. The average molecular weight is 262 g/mol. The van der Waals surface area contributed by atoms with Crippen molar-refractivity contribution in [1.29, 1.82) is 0 Å². The van der Waals surface area contributed by atoms with Gasteiger partial charge < -0.3 is 10.1 Å². The van der Waals surface area contributed by atoms with E-state index in [-0.39, 0.29) is 5.92 Å². The summed E-state index contributed by atoms with van der Waals surface area (Å²) in [6, 6.07) is 0. The summed E-state index contributed by atoms with van der Waals surface area (Å²) in [5.41, 5.74) is 0. The van der Waals surface area contributed by atoms with Gasteiger partial charge in [0, 0.05) is 13.1 Å². The molecule has 1 unspecified atom stereocenters. The standard InChI is InChI=1S/C11H22N2O3S/c1-10-8-13(17(14,15)9-10)6-7-16-11-2-4-12-5-3-11/h10-12H,2-9H2,1H3. The largest absolute Gasteiger partial charge is 0.377 e. The molecule has 0 saturated carbocycles. The van der Waals surface area contributed by atoms with Gasteiger partial charge in [0.1, 0.15) is 0 Å². The minimum atomic E-state index is -3.00. The molecule has 2 rings (SSSR count). The lowest BCUT2D eigenvalue weighted by molar-refractivity contribution is 0.0284. The highest BCUT2D eigenvalue weighted by atomic mass is 32.2. The second-order valence-electron chi connectivity index (χ2n) is 5.06. The Kier molecular flexibility index (Phi) is 4.41. The molecule has 1 N–H and O–H groups in total. The van der Waals surface area contributed by atoms with Gasteiger partial charge in [-0.1, -0.05) is 6.92 Å². The van der Waals surface area contributed by atoms with E-state index < -0.39 is 10.0 Å². The molecule has 0 aromatic rings. The fourth-order valence-electron chi connectivity index (χ4n) is 2.49. The zero-order valence-electron chi connectivity index (χ0n) is 10.4. The quantitative estimate of drug-likeness (QED) is 0.777. The van der Waals surface area contributed by atoms with Gasteiger partial charge in [-0.05, 0) is 31.8 Å². The normalized spacial score (nSPS) is 30.8. The van der Waals surface area contributed by atoms with Crippen LogP contribution >= 0.6 is 0 Å². The molecule has 0 radical (unpaired) electrons. The van der Waals surface area contributed by atoms with Crippen LogP contribution < -0.4 is 5.32 Å². The molecule has 0 aliphatic carbocycles. The summed E-state index contributed by atoms with van der Waals surface area (Å²) in [4.78, 5) is 0. The maximum atomic E-state index is 11.7. The van der Waals surface area contributed by atoms with Crippen LogP contribution in [-0.2, 0) is 14.8 Å².